The molecule has 144 valence electrons. The van der Waals surface area contributed by atoms with Gasteiger partial charge in [0.05, 0.1) is 17.2 Å². The number of hydrogen-bond donors (Lipinski definition) is 0. The normalized spacial score (nSPS) is 11.1. The number of nitrogens with zero attached hydrogens (tertiary/aromatic N) is 1. The zero-order valence-corrected chi connectivity index (χ0v) is 16.5. The summed E-state index contributed by atoms with van der Waals surface area (Å²) in [6, 6.07) is 21.1. The van der Waals surface area contributed by atoms with E-state index in [0.29, 0.717) is 17.9 Å². The number of anilines is 1. The molecule has 0 radical (unpaired) electrons. The topological polar surface area (TPSA) is 63.7 Å². The standard InChI is InChI=1S/C22H21NO4S/c1-3-27-20-15-13-19(14-16-20)23(22(24)18-11-9-17(2)10-12-18)28(25,26)21-7-5-4-6-8-21/h4-16H,3H2,1-2H3. The average molecular weight is 395 g/mol. The summed E-state index contributed by atoms with van der Waals surface area (Å²) in [5.74, 6) is -0.0147. The van der Waals surface area contributed by atoms with Crippen LogP contribution >= 0.6 is 0 Å². The summed E-state index contributed by atoms with van der Waals surface area (Å²) in [5.41, 5.74) is 1.52. The van der Waals surface area contributed by atoms with Crippen molar-refractivity contribution in [3.05, 3.63) is 90.0 Å². The third-order valence-electron chi connectivity index (χ3n) is 4.15. The van der Waals surface area contributed by atoms with Crippen molar-refractivity contribution in [2.24, 2.45) is 0 Å². The van der Waals surface area contributed by atoms with Gasteiger partial charge in [0, 0.05) is 5.56 Å². The van der Waals surface area contributed by atoms with Crippen LogP contribution in [0, 0.1) is 6.92 Å². The van der Waals surface area contributed by atoms with Crippen LogP contribution in [0.3, 0.4) is 0 Å². The lowest BCUT2D eigenvalue weighted by molar-refractivity contribution is 0.101. The van der Waals surface area contributed by atoms with E-state index in [1.165, 1.54) is 12.1 Å². The molecule has 3 rings (SSSR count). The summed E-state index contributed by atoms with van der Waals surface area (Å²) in [7, 11) is -4.09. The van der Waals surface area contributed by atoms with Crippen LogP contribution in [-0.4, -0.2) is 20.9 Å². The molecule has 0 saturated heterocycles. The molecule has 0 saturated carbocycles. The molecule has 28 heavy (non-hydrogen) atoms. The summed E-state index contributed by atoms with van der Waals surface area (Å²) >= 11 is 0. The first-order chi connectivity index (χ1) is 13.4. The van der Waals surface area contributed by atoms with Crippen LogP contribution in [0.4, 0.5) is 5.69 Å². The van der Waals surface area contributed by atoms with Gasteiger partial charge in [0.25, 0.3) is 15.9 Å². The van der Waals surface area contributed by atoms with Gasteiger partial charge >= 0.3 is 0 Å². The number of aryl methyl sites for hydroxylation is 1. The Hall–Kier alpha value is -3.12. The van der Waals surface area contributed by atoms with Gasteiger partial charge in [-0.05, 0) is 62.4 Å². The third kappa shape index (κ3) is 4.07. The van der Waals surface area contributed by atoms with Crippen molar-refractivity contribution in [2.75, 3.05) is 10.9 Å². The number of carbonyl (C=O) groups excluding carboxylic acids is 1. The summed E-state index contributed by atoms with van der Waals surface area (Å²) in [5, 5.41) is 0. The molecule has 0 N–H and O–H groups in total. The zero-order valence-electron chi connectivity index (χ0n) is 15.7. The maximum Gasteiger partial charge on any atom is 0.272 e. The molecule has 0 aliphatic carbocycles. The lowest BCUT2D eigenvalue weighted by Crippen LogP contribution is -2.37. The van der Waals surface area contributed by atoms with Crippen molar-refractivity contribution in [3.8, 4) is 5.75 Å². The summed E-state index contributed by atoms with van der Waals surface area (Å²) < 4.78 is 32.9. The largest absolute Gasteiger partial charge is 0.494 e. The SMILES string of the molecule is CCOc1ccc(N(C(=O)c2ccc(C)cc2)S(=O)(=O)c2ccccc2)cc1. The van der Waals surface area contributed by atoms with Gasteiger partial charge in [-0.2, -0.15) is 4.31 Å². The third-order valence-corrected chi connectivity index (χ3v) is 5.87. The number of rotatable bonds is 6. The minimum Gasteiger partial charge on any atom is -0.494 e. The molecule has 0 unspecified atom stereocenters. The Balaban J connectivity index is 2.10. The summed E-state index contributed by atoms with van der Waals surface area (Å²) in [4.78, 5) is 13.2. The van der Waals surface area contributed by atoms with Crippen molar-refractivity contribution < 1.29 is 17.9 Å². The van der Waals surface area contributed by atoms with Crippen molar-refractivity contribution >= 4 is 21.6 Å². The van der Waals surface area contributed by atoms with Gasteiger partial charge in [-0.1, -0.05) is 35.9 Å². The van der Waals surface area contributed by atoms with Crippen molar-refractivity contribution in [1.82, 2.24) is 0 Å². The van der Waals surface area contributed by atoms with Crippen LogP contribution < -0.4 is 9.04 Å². The van der Waals surface area contributed by atoms with Crippen LogP contribution in [0.25, 0.3) is 0 Å². The second kappa shape index (κ2) is 8.27. The lowest BCUT2D eigenvalue weighted by atomic mass is 10.1. The number of hydrogen-bond acceptors (Lipinski definition) is 4. The predicted molar refractivity (Wildman–Crippen MR) is 109 cm³/mol. The van der Waals surface area contributed by atoms with Gasteiger partial charge in [0.2, 0.25) is 0 Å². The van der Waals surface area contributed by atoms with Gasteiger partial charge in [0.15, 0.2) is 0 Å². The number of carbonyl (C=O) groups is 1. The number of sulfonamides is 1. The minimum absolute atomic E-state index is 0.0457. The van der Waals surface area contributed by atoms with Crippen LogP contribution in [-0.2, 0) is 10.0 Å². The molecule has 0 atom stereocenters. The van der Waals surface area contributed by atoms with E-state index in [1.807, 2.05) is 13.8 Å². The van der Waals surface area contributed by atoms with E-state index in [4.69, 9.17) is 4.74 Å². The Bertz CT molecular complexity index is 1040. The molecule has 0 aliphatic heterocycles. The molecule has 5 nitrogen and oxygen atoms in total. The molecule has 0 aromatic heterocycles. The van der Waals surface area contributed by atoms with E-state index in [1.54, 1.807) is 66.7 Å². The molecule has 3 aromatic carbocycles. The molecule has 3 aromatic rings. The van der Waals surface area contributed by atoms with E-state index < -0.39 is 15.9 Å². The molecule has 6 heteroatoms. The van der Waals surface area contributed by atoms with E-state index in [2.05, 4.69) is 0 Å². The second-order valence-corrected chi connectivity index (χ2v) is 7.97. The molecular formula is C22H21NO4S. The van der Waals surface area contributed by atoms with Crippen molar-refractivity contribution in [3.63, 3.8) is 0 Å². The lowest BCUT2D eigenvalue weighted by Gasteiger charge is -2.23. The highest BCUT2D eigenvalue weighted by molar-refractivity contribution is 7.93. The highest BCUT2D eigenvalue weighted by atomic mass is 32.2. The highest BCUT2D eigenvalue weighted by Crippen LogP contribution is 2.28. The second-order valence-electron chi connectivity index (χ2n) is 6.18. The molecule has 1 amide bonds. The van der Waals surface area contributed by atoms with E-state index in [9.17, 15) is 13.2 Å². The Labute approximate surface area is 165 Å². The maximum absolute atomic E-state index is 13.3. The van der Waals surface area contributed by atoms with E-state index in [-0.39, 0.29) is 10.6 Å². The molecule has 0 heterocycles. The van der Waals surface area contributed by atoms with E-state index in [0.717, 1.165) is 9.87 Å². The quantitative estimate of drug-likeness (QED) is 0.619. The fourth-order valence-corrected chi connectivity index (χ4v) is 4.16. The molecule has 0 fully saturated rings. The Kier molecular flexibility index (Phi) is 5.80. The molecule has 0 spiro atoms. The van der Waals surface area contributed by atoms with Crippen molar-refractivity contribution in [1.29, 1.82) is 0 Å². The minimum atomic E-state index is -4.09. The molecule has 0 aliphatic rings. The van der Waals surface area contributed by atoms with Gasteiger partial charge in [0.1, 0.15) is 5.75 Å². The van der Waals surface area contributed by atoms with Gasteiger partial charge in [-0.3, -0.25) is 4.79 Å². The van der Waals surface area contributed by atoms with Crippen LogP contribution in [0.5, 0.6) is 5.75 Å². The van der Waals surface area contributed by atoms with Crippen LogP contribution in [0.15, 0.2) is 83.8 Å². The summed E-state index contributed by atoms with van der Waals surface area (Å²) in [6.45, 7) is 4.26. The maximum atomic E-state index is 13.3. The first-order valence-corrected chi connectivity index (χ1v) is 10.3. The van der Waals surface area contributed by atoms with Crippen LogP contribution in [0.2, 0.25) is 0 Å². The number of benzene rings is 3. The highest BCUT2D eigenvalue weighted by Gasteiger charge is 2.31. The molecular weight excluding hydrogens is 374 g/mol. The fourth-order valence-electron chi connectivity index (χ4n) is 2.72. The smallest absolute Gasteiger partial charge is 0.272 e. The molecule has 0 bridgehead atoms. The average Bonchev–Trinajstić information content (AvgIpc) is 2.70. The Morgan fingerprint density at radius 1 is 0.893 bits per heavy atom. The first-order valence-electron chi connectivity index (χ1n) is 8.87. The van der Waals surface area contributed by atoms with Gasteiger partial charge in [-0.25, -0.2) is 8.42 Å². The van der Waals surface area contributed by atoms with E-state index >= 15 is 0 Å². The van der Waals surface area contributed by atoms with Gasteiger partial charge in [-0.15, -0.1) is 0 Å². The number of ether oxygens (including phenoxy) is 1. The van der Waals surface area contributed by atoms with Gasteiger partial charge < -0.3 is 4.74 Å². The van der Waals surface area contributed by atoms with Crippen LogP contribution in [0.1, 0.15) is 22.8 Å². The first kappa shape index (κ1) is 19.6. The number of amides is 1. The van der Waals surface area contributed by atoms with Crippen molar-refractivity contribution in [2.45, 2.75) is 18.7 Å². The summed E-state index contributed by atoms with van der Waals surface area (Å²) in [6.07, 6.45) is 0. The Morgan fingerprint density at radius 2 is 1.50 bits per heavy atom. The zero-order chi connectivity index (χ0) is 20.1. The monoisotopic (exact) mass is 395 g/mol. The Morgan fingerprint density at radius 3 is 2.07 bits per heavy atom. The fraction of sp³-hybridized carbons (Fsp3) is 0.136. The predicted octanol–water partition coefficient (Wildman–Crippen LogP) is 4.43.